The van der Waals surface area contributed by atoms with Crippen LogP contribution in [-0.4, -0.2) is 52.4 Å². The van der Waals surface area contributed by atoms with E-state index in [-0.39, 0.29) is 17.2 Å². The average Bonchev–Trinajstić information content (AvgIpc) is 3.06. The molecule has 0 N–H and O–H groups in total. The molecule has 1 saturated heterocycles. The fourth-order valence-corrected chi connectivity index (χ4v) is 6.17. The molecule has 3 heterocycles. The monoisotopic (exact) mass is 419 g/mol. The molecule has 2 aliphatic rings. The van der Waals surface area contributed by atoms with E-state index in [0.29, 0.717) is 43.9 Å². The van der Waals surface area contributed by atoms with E-state index in [1.165, 1.54) is 22.2 Å². The zero-order chi connectivity index (χ0) is 19.7. The van der Waals surface area contributed by atoms with Gasteiger partial charge in [0.25, 0.3) is 5.56 Å². The number of thiophene rings is 1. The number of thioether (sulfide) groups is 1. The number of aryl methyl sites for hydroxylation is 1. The zero-order valence-electron chi connectivity index (χ0n) is 16.1. The number of nitrogens with zero attached hydrogens (tertiary/aromatic N) is 3. The van der Waals surface area contributed by atoms with Gasteiger partial charge in [-0.25, -0.2) is 4.98 Å². The number of hydrogen-bond acceptors (Lipinski definition) is 6. The normalized spacial score (nSPS) is 19.6. The number of amides is 1. The second-order valence-electron chi connectivity index (χ2n) is 7.41. The van der Waals surface area contributed by atoms with Crippen LogP contribution in [0.15, 0.2) is 22.6 Å². The number of carbonyl (C=O) groups excluding carboxylic acids is 1. The first-order valence-corrected chi connectivity index (χ1v) is 11.5. The van der Waals surface area contributed by atoms with Crippen molar-refractivity contribution in [1.29, 1.82) is 0 Å². The summed E-state index contributed by atoms with van der Waals surface area (Å²) in [6, 6.07) is 0. The average molecular weight is 420 g/mol. The zero-order valence-corrected chi connectivity index (χ0v) is 17.7. The molecule has 0 spiro atoms. The third kappa shape index (κ3) is 3.77. The minimum absolute atomic E-state index is 0.00160. The van der Waals surface area contributed by atoms with Gasteiger partial charge < -0.3 is 9.64 Å². The molecule has 150 valence electrons. The Kier molecular flexibility index (Phi) is 5.89. The van der Waals surface area contributed by atoms with E-state index in [4.69, 9.17) is 9.72 Å². The number of aromatic nitrogens is 2. The first-order chi connectivity index (χ1) is 13.6. The first kappa shape index (κ1) is 19.7. The van der Waals surface area contributed by atoms with Crippen LogP contribution in [0.2, 0.25) is 0 Å². The van der Waals surface area contributed by atoms with Gasteiger partial charge in [-0.05, 0) is 30.7 Å². The van der Waals surface area contributed by atoms with Gasteiger partial charge in [0.05, 0.1) is 24.4 Å². The van der Waals surface area contributed by atoms with Gasteiger partial charge in [-0.1, -0.05) is 24.8 Å². The lowest BCUT2D eigenvalue weighted by Gasteiger charge is -2.26. The van der Waals surface area contributed by atoms with Crippen molar-refractivity contribution >= 4 is 39.2 Å². The molecule has 28 heavy (non-hydrogen) atoms. The topological polar surface area (TPSA) is 64.4 Å². The van der Waals surface area contributed by atoms with Crippen molar-refractivity contribution < 1.29 is 9.53 Å². The third-order valence-corrected chi connectivity index (χ3v) is 7.49. The van der Waals surface area contributed by atoms with E-state index >= 15 is 0 Å². The van der Waals surface area contributed by atoms with Crippen LogP contribution in [0.5, 0.6) is 0 Å². The molecule has 1 aliphatic carbocycles. The Labute approximate surface area is 172 Å². The minimum Gasteiger partial charge on any atom is -0.378 e. The summed E-state index contributed by atoms with van der Waals surface area (Å²) in [6.45, 7) is 8.87. The summed E-state index contributed by atoms with van der Waals surface area (Å²) < 4.78 is 6.97. The molecule has 1 amide bonds. The highest BCUT2D eigenvalue weighted by atomic mass is 32.2. The second-order valence-corrected chi connectivity index (χ2v) is 9.44. The van der Waals surface area contributed by atoms with Crippen LogP contribution in [0.4, 0.5) is 0 Å². The third-order valence-electron chi connectivity index (χ3n) is 5.38. The highest BCUT2D eigenvalue weighted by Crippen LogP contribution is 2.36. The van der Waals surface area contributed by atoms with Crippen molar-refractivity contribution in [3.05, 3.63) is 33.4 Å². The van der Waals surface area contributed by atoms with Crippen molar-refractivity contribution in [2.24, 2.45) is 5.92 Å². The van der Waals surface area contributed by atoms with Crippen molar-refractivity contribution in [1.82, 2.24) is 14.5 Å². The standard InChI is InChI=1S/C20H25N3O3S2/c1-3-6-23-19(25)17-14-5-4-13(2)11-15(14)28-18(17)21-20(23)27-12-16(24)22-7-9-26-10-8-22/h3,13H,1,4-12H2,2H3/t13-/m1/s1. The number of allylic oxidation sites excluding steroid dienone is 1. The number of carbonyl (C=O) groups is 1. The maximum absolute atomic E-state index is 13.3. The van der Waals surface area contributed by atoms with Gasteiger partial charge in [-0.2, -0.15) is 0 Å². The molecule has 0 aromatic carbocycles. The molecule has 6 nitrogen and oxygen atoms in total. The van der Waals surface area contributed by atoms with E-state index in [2.05, 4.69) is 13.5 Å². The summed E-state index contributed by atoms with van der Waals surface area (Å²) in [5, 5.41) is 1.38. The number of hydrogen-bond donors (Lipinski definition) is 0. The number of morpholine rings is 1. The SMILES string of the molecule is C=CCn1c(SCC(=O)N2CCOCC2)nc2sc3c(c2c1=O)CC[C@@H](C)C3. The lowest BCUT2D eigenvalue weighted by Crippen LogP contribution is -2.41. The summed E-state index contributed by atoms with van der Waals surface area (Å²) >= 11 is 2.99. The Morgan fingerprint density at radius 3 is 2.96 bits per heavy atom. The minimum atomic E-state index is -0.00160. The highest BCUT2D eigenvalue weighted by Gasteiger charge is 2.25. The number of ether oxygens (including phenoxy) is 1. The molecular weight excluding hydrogens is 394 g/mol. The van der Waals surface area contributed by atoms with Gasteiger partial charge in [0, 0.05) is 24.5 Å². The van der Waals surface area contributed by atoms with E-state index in [1.54, 1.807) is 22.0 Å². The highest BCUT2D eigenvalue weighted by molar-refractivity contribution is 7.99. The summed E-state index contributed by atoms with van der Waals surface area (Å²) in [5.74, 6) is 0.986. The summed E-state index contributed by atoms with van der Waals surface area (Å²) in [6.07, 6.45) is 4.80. The maximum atomic E-state index is 13.3. The smallest absolute Gasteiger partial charge is 0.263 e. The molecule has 1 atom stereocenters. The van der Waals surface area contributed by atoms with Crippen LogP contribution in [0, 0.1) is 5.92 Å². The summed E-state index contributed by atoms with van der Waals surface area (Å²) in [7, 11) is 0. The van der Waals surface area contributed by atoms with Crippen molar-refractivity contribution in [2.75, 3.05) is 32.1 Å². The lowest BCUT2D eigenvalue weighted by molar-refractivity contribution is -0.132. The molecule has 1 fully saturated rings. The van der Waals surface area contributed by atoms with E-state index in [9.17, 15) is 9.59 Å². The van der Waals surface area contributed by atoms with Gasteiger partial charge in [-0.15, -0.1) is 17.9 Å². The Hall–Kier alpha value is -1.64. The molecule has 2 aromatic rings. The van der Waals surface area contributed by atoms with Gasteiger partial charge >= 0.3 is 0 Å². The molecule has 0 radical (unpaired) electrons. The Morgan fingerprint density at radius 2 is 2.21 bits per heavy atom. The quantitative estimate of drug-likeness (QED) is 0.424. The van der Waals surface area contributed by atoms with E-state index in [0.717, 1.165) is 29.5 Å². The fraction of sp³-hybridized carbons (Fsp3) is 0.550. The largest absolute Gasteiger partial charge is 0.378 e. The van der Waals surface area contributed by atoms with Crippen LogP contribution >= 0.6 is 23.1 Å². The van der Waals surface area contributed by atoms with Crippen LogP contribution in [0.3, 0.4) is 0 Å². The summed E-state index contributed by atoms with van der Waals surface area (Å²) in [5.41, 5.74) is 1.19. The van der Waals surface area contributed by atoms with E-state index in [1.807, 2.05) is 4.90 Å². The predicted molar refractivity (Wildman–Crippen MR) is 113 cm³/mol. The maximum Gasteiger partial charge on any atom is 0.263 e. The second kappa shape index (κ2) is 8.39. The predicted octanol–water partition coefficient (Wildman–Crippen LogP) is 2.72. The molecule has 4 rings (SSSR count). The van der Waals surface area contributed by atoms with Crippen LogP contribution in [0.1, 0.15) is 23.8 Å². The van der Waals surface area contributed by atoms with Crippen molar-refractivity contribution in [3.63, 3.8) is 0 Å². The van der Waals surface area contributed by atoms with Crippen molar-refractivity contribution in [2.45, 2.75) is 37.9 Å². The molecule has 0 bridgehead atoms. The Bertz CT molecular complexity index is 960. The number of rotatable bonds is 5. The molecule has 8 heteroatoms. The molecule has 2 aromatic heterocycles. The van der Waals surface area contributed by atoms with Gasteiger partial charge in [0.15, 0.2) is 5.16 Å². The Balaban J connectivity index is 1.65. The van der Waals surface area contributed by atoms with Crippen LogP contribution in [-0.2, 0) is 28.9 Å². The number of fused-ring (bicyclic) bond motifs is 3. The van der Waals surface area contributed by atoms with E-state index < -0.39 is 0 Å². The molecule has 0 unspecified atom stereocenters. The first-order valence-electron chi connectivity index (χ1n) is 9.72. The molecule has 1 aliphatic heterocycles. The van der Waals surface area contributed by atoms with Crippen molar-refractivity contribution in [3.8, 4) is 0 Å². The van der Waals surface area contributed by atoms with Crippen LogP contribution < -0.4 is 5.56 Å². The summed E-state index contributed by atoms with van der Waals surface area (Å²) in [4.78, 5) is 34.5. The molecule has 0 saturated carbocycles. The fourth-order valence-electron chi connectivity index (χ4n) is 3.84. The Morgan fingerprint density at radius 1 is 1.43 bits per heavy atom. The molecular formula is C20H25N3O3S2. The van der Waals surface area contributed by atoms with Crippen LogP contribution in [0.25, 0.3) is 10.2 Å². The lowest BCUT2D eigenvalue weighted by atomic mass is 9.89. The van der Waals surface area contributed by atoms with Gasteiger partial charge in [0.1, 0.15) is 4.83 Å². The van der Waals surface area contributed by atoms with Gasteiger partial charge in [-0.3, -0.25) is 14.2 Å². The van der Waals surface area contributed by atoms with Gasteiger partial charge in [0.2, 0.25) is 5.91 Å².